The van der Waals surface area contributed by atoms with Gasteiger partial charge in [0, 0.05) is 13.1 Å². The number of benzene rings is 3. The molecule has 2 atom stereocenters. The van der Waals surface area contributed by atoms with Gasteiger partial charge in [-0.15, -0.1) is 0 Å². The van der Waals surface area contributed by atoms with Crippen molar-refractivity contribution in [3.8, 4) is 0 Å². The van der Waals surface area contributed by atoms with Crippen LogP contribution in [0.2, 0.25) is 0 Å². The summed E-state index contributed by atoms with van der Waals surface area (Å²) in [5.74, 6) is -0.0180. The van der Waals surface area contributed by atoms with Gasteiger partial charge >= 0.3 is 0 Å². The Morgan fingerprint density at radius 2 is 1.73 bits per heavy atom. The quantitative estimate of drug-likeness (QED) is 0.686. The van der Waals surface area contributed by atoms with Crippen LogP contribution in [0.25, 0.3) is 10.8 Å². The SMILES string of the molecule is C[C@H](NC(=O)[C@H]1CCCN(C(=O)Cc2ccccc2)C1)c1ccc2ccccc2c1. The fourth-order valence-corrected chi connectivity index (χ4v) is 4.19. The van der Waals surface area contributed by atoms with Gasteiger partial charge in [0.1, 0.15) is 0 Å². The lowest BCUT2D eigenvalue weighted by molar-refractivity contribution is -0.135. The van der Waals surface area contributed by atoms with Crippen LogP contribution in [-0.4, -0.2) is 29.8 Å². The first-order valence-corrected chi connectivity index (χ1v) is 10.7. The maximum atomic E-state index is 12.9. The van der Waals surface area contributed by atoms with Crippen molar-refractivity contribution in [3.05, 3.63) is 83.9 Å². The van der Waals surface area contributed by atoms with E-state index in [2.05, 4.69) is 35.6 Å². The highest BCUT2D eigenvalue weighted by Crippen LogP contribution is 2.22. The van der Waals surface area contributed by atoms with Crippen molar-refractivity contribution in [1.82, 2.24) is 10.2 Å². The number of hydrogen-bond acceptors (Lipinski definition) is 2. The van der Waals surface area contributed by atoms with E-state index in [0.717, 1.165) is 30.5 Å². The molecule has 30 heavy (non-hydrogen) atoms. The molecule has 0 aliphatic carbocycles. The van der Waals surface area contributed by atoms with Gasteiger partial charge in [0.15, 0.2) is 0 Å². The Bertz CT molecular complexity index is 1030. The number of carbonyl (C=O) groups excluding carboxylic acids is 2. The third kappa shape index (κ3) is 4.70. The van der Waals surface area contributed by atoms with Crippen LogP contribution in [0.15, 0.2) is 72.8 Å². The molecule has 0 saturated carbocycles. The predicted octanol–water partition coefficient (Wildman–Crippen LogP) is 4.50. The second kappa shape index (κ2) is 9.12. The van der Waals surface area contributed by atoms with E-state index >= 15 is 0 Å². The molecule has 2 amide bonds. The number of amides is 2. The number of nitrogens with one attached hydrogen (secondary N) is 1. The molecule has 4 rings (SSSR count). The van der Waals surface area contributed by atoms with Crippen LogP contribution in [0.4, 0.5) is 0 Å². The molecular weight excluding hydrogens is 372 g/mol. The molecule has 154 valence electrons. The number of nitrogens with zero attached hydrogens (tertiary/aromatic N) is 1. The van der Waals surface area contributed by atoms with Gasteiger partial charge in [-0.1, -0.05) is 66.7 Å². The van der Waals surface area contributed by atoms with Crippen LogP contribution in [0.5, 0.6) is 0 Å². The van der Waals surface area contributed by atoms with Crippen LogP contribution >= 0.6 is 0 Å². The van der Waals surface area contributed by atoms with Gasteiger partial charge in [-0.3, -0.25) is 9.59 Å². The van der Waals surface area contributed by atoms with Crippen LogP contribution in [0, 0.1) is 5.92 Å². The van der Waals surface area contributed by atoms with Gasteiger partial charge < -0.3 is 10.2 Å². The minimum absolute atomic E-state index is 0.0351. The molecule has 3 aromatic rings. The summed E-state index contributed by atoms with van der Waals surface area (Å²) in [5.41, 5.74) is 2.11. The van der Waals surface area contributed by atoms with Gasteiger partial charge in [0.05, 0.1) is 18.4 Å². The van der Waals surface area contributed by atoms with E-state index in [4.69, 9.17) is 0 Å². The molecule has 1 aliphatic rings. The molecule has 4 heteroatoms. The highest BCUT2D eigenvalue weighted by Gasteiger charge is 2.29. The molecule has 1 N–H and O–H groups in total. The van der Waals surface area contributed by atoms with Crippen LogP contribution < -0.4 is 5.32 Å². The van der Waals surface area contributed by atoms with E-state index in [1.165, 1.54) is 10.8 Å². The second-order valence-corrected chi connectivity index (χ2v) is 8.18. The van der Waals surface area contributed by atoms with E-state index in [1.807, 2.05) is 54.3 Å². The molecule has 0 unspecified atom stereocenters. The first kappa shape index (κ1) is 20.1. The van der Waals surface area contributed by atoms with Crippen molar-refractivity contribution in [2.45, 2.75) is 32.2 Å². The zero-order chi connectivity index (χ0) is 20.9. The Morgan fingerprint density at radius 3 is 2.53 bits per heavy atom. The van der Waals surface area contributed by atoms with Gasteiger partial charge in [0.2, 0.25) is 11.8 Å². The first-order chi connectivity index (χ1) is 14.6. The largest absolute Gasteiger partial charge is 0.349 e. The molecule has 4 nitrogen and oxygen atoms in total. The maximum absolute atomic E-state index is 12.9. The molecular formula is C26H28N2O2. The molecule has 0 spiro atoms. The number of rotatable bonds is 5. The van der Waals surface area contributed by atoms with Crippen LogP contribution in [-0.2, 0) is 16.0 Å². The van der Waals surface area contributed by atoms with Crippen molar-refractivity contribution in [2.75, 3.05) is 13.1 Å². The number of hydrogen-bond donors (Lipinski definition) is 1. The van der Waals surface area contributed by atoms with E-state index in [0.29, 0.717) is 13.0 Å². The van der Waals surface area contributed by atoms with Crippen molar-refractivity contribution in [2.24, 2.45) is 5.92 Å². The topological polar surface area (TPSA) is 49.4 Å². The smallest absolute Gasteiger partial charge is 0.227 e. The van der Waals surface area contributed by atoms with Gasteiger partial charge in [-0.2, -0.15) is 0 Å². The Morgan fingerprint density at radius 1 is 1.00 bits per heavy atom. The summed E-state index contributed by atoms with van der Waals surface area (Å²) >= 11 is 0. The summed E-state index contributed by atoms with van der Waals surface area (Å²) in [6.07, 6.45) is 2.08. The molecule has 1 heterocycles. The lowest BCUT2D eigenvalue weighted by Gasteiger charge is -2.33. The fourth-order valence-electron chi connectivity index (χ4n) is 4.19. The number of carbonyl (C=O) groups is 2. The van der Waals surface area contributed by atoms with E-state index in [1.54, 1.807) is 0 Å². The predicted molar refractivity (Wildman–Crippen MR) is 120 cm³/mol. The summed E-state index contributed by atoms with van der Waals surface area (Å²) in [5, 5.41) is 5.53. The monoisotopic (exact) mass is 400 g/mol. The molecule has 0 bridgehead atoms. The van der Waals surface area contributed by atoms with Crippen LogP contribution in [0.3, 0.4) is 0 Å². The van der Waals surface area contributed by atoms with Crippen molar-refractivity contribution in [1.29, 1.82) is 0 Å². The third-order valence-electron chi connectivity index (χ3n) is 5.98. The summed E-state index contributed by atoms with van der Waals surface area (Å²) in [6, 6.07) is 24.2. The highest BCUT2D eigenvalue weighted by molar-refractivity contribution is 5.84. The Kier molecular flexibility index (Phi) is 6.12. The lowest BCUT2D eigenvalue weighted by atomic mass is 9.95. The maximum Gasteiger partial charge on any atom is 0.227 e. The van der Waals surface area contributed by atoms with Gasteiger partial charge in [0.25, 0.3) is 0 Å². The molecule has 1 fully saturated rings. The van der Waals surface area contributed by atoms with Crippen LogP contribution in [0.1, 0.15) is 36.9 Å². The molecule has 1 saturated heterocycles. The molecule has 0 radical (unpaired) electrons. The third-order valence-corrected chi connectivity index (χ3v) is 5.98. The number of piperidine rings is 1. The summed E-state index contributed by atoms with van der Waals surface area (Å²) < 4.78 is 0. The molecule has 3 aromatic carbocycles. The van der Waals surface area contributed by atoms with Gasteiger partial charge in [-0.25, -0.2) is 0 Å². The van der Waals surface area contributed by atoms with E-state index in [-0.39, 0.29) is 23.8 Å². The fraction of sp³-hybridized carbons (Fsp3) is 0.308. The standard InChI is InChI=1S/C26H28N2O2/c1-19(22-14-13-21-10-5-6-11-23(21)17-22)27-26(30)24-12-7-15-28(18-24)25(29)16-20-8-3-2-4-9-20/h2-6,8-11,13-14,17,19,24H,7,12,15-16,18H2,1H3,(H,27,30)/t19-,24-/m0/s1. The van der Waals surface area contributed by atoms with Crippen molar-refractivity contribution in [3.63, 3.8) is 0 Å². The van der Waals surface area contributed by atoms with Crippen molar-refractivity contribution < 1.29 is 9.59 Å². The molecule has 0 aromatic heterocycles. The normalized spacial score (nSPS) is 17.5. The zero-order valence-electron chi connectivity index (χ0n) is 17.4. The summed E-state index contributed by atoms with van der Waals surface area (Å²) in [7, 11) is 0. The zero-order valence-corrected chi connectivity index (χ0v) is 17.4. The minimum atomic E-state index is -0.152. The summed E-state index contributed by atoms with van der Waals surface area (Å²) in [6.45, 7) is 3.25. The summed E-state index contributed by atoms with van der Waals surface area (Å²) in [4.78, 5) is 27.5. The number of likely N-dealkylation sites (tertiary alicyclic amines) is 1. The van der Waals surface area contributed by atoms with Gasteiger partial charge in [-0.05, 0) is 47.7 Å². The second-order valence-electron chi connectivity index (χ2n) is 8.18. The Balaban J connectivity index is 1.37. The Labute approximate surface area is 177 Å². The average Bonchev–Trinajstić information content (AvgIpc) is 2.79. The number of fused-ring (bicyclic) bond motifs is 1. The van der Waals surface area contributed by atoms with E-state index < -0.39 is 0 Å². The minimum Gasteiger partial charge on any atom is -0.349 e. The lowest BCUT2D eigenvalue weighted by Crippen LogP contribution is -2.46. The van der Waals surface area contributed by atoms with E-state index in [9.17, 15) is 9.59 Å². The molecule has 1 aliphatic heterocycles. The average molecular weight is 401 g/mol. The first-order valence-electron chi connectivity index (χ1n) is 10.7. The highest BCUT2D eigenvalue weighted by atomic mass is 16.2. The Hall–Kier alpha value is -3.14. The van der Waals surface area contributed by atoms with Crippen molar-refractivity contribution >= 4 is 22.6 Å².